The van der Waals surface area contributed by atoms with E-state index in [9.17, 15) is 38.9 Å². The van der Waals surface area contributed by atoms with Crippen LogP contribution in [0.3, 0.4) is 0 Å². The molecule has 135 heavy (non-hydrogen) atoms. The molecule has 7 rings (SSSR count). The maximum absolute atomic E-state index is 14.2. The van der Waals surface area contributed by atoms with Crippen molar-refractivity contribution in [1.82, 2.24) is 0 Å². The minimum Gasteiger partial charge on any atom is -0.460 e. The third-order valence-corrected chi connectivity index (χ3v) is 17.7. The van der Waals surface area contributed by atoms with Crippen LogP contribution in [0.4, 0.5) is 11.4 Å². The lowest BCUT2D eigenvalue weighted by Gasteiger charge is -2.08. The van der Waals surface area contributed by atoms with Crippen molar-refractivity contribution >= 4 is 53.4 Å². The van der Waals surface area contributed by atoms with Crippen LogP contribution in [0.25, 0.3) is 0 Å². The molecule has 0 fully saturated rings. The first-order valence-electron chi connectivity index (χ1n) is 43.2. The summed E-state index contributed by atoms with van der Waals surface area (Å²) in [6.45, 7) is 7.69. The van der Waals surface area contributed by atoms with E-state index in [0.29, 0.717) is 139 Å². The molecule has 720 valence electrons. The Hall–Kier alpha value is -12.5. The molecular formula is C101H114N2O32. The number of carbonyl (C=O) groups is 6. The molecule has 0 aromatic heterocycles. The summed E-state index contributed by atoms with van der Waals surface area (Å²) in [5.41, 5.74) is 4.06. The molecule has 0 saturated heterocycles. The van der Waals surface area contributed by atoms with Gasteiger partial charge in [-0.1, -0.05) is 65.3 Å². The Morgan fingerprint density at radius 1 is 0.244 bits per heavy atom. The van der Waals surface area contributed by atoms with Crippen molar-refractivity contribution in [2.24, 2.45) is 4.99 Å². The fourth-order valence-electron chi connectivity index (χ4n) is 11.2. The number of carbonyl (C=O) groups excluding carboxylic acids is 6. The zero-order valence-electron chi connectivity index (χ0n) is 76.8. The fourth-order valence-corrected chi connectivity index (χ4v) is 11.2. The van der Waals surface area contributed by atoms with E-state index >= 15 is 0 Å². The number of esters is 6. The minimum absolute atomic E-state index is 0.00687. The highest BCUT2D eigenvalue weighted by Crippen LogP contribution is 2.22. The van der Waals surface area contributed by atoms with Crippen LogP contribution in [0.5, 0.6) is 0 Å². The average Bonchev–Trinajstić information content (AvgIpc) is 0.830. The molecule has 0 aliphatic carbocycles. The molecule has 0 heterocycles. The summed E-state index contributed by atoms with van der Waals surface area (Å²) in [5, 5.41) is 11.4. The van der Waals surface area contributed by atoms with E-state index in [1.54, 1.807) is 97.3 Å². The number of nitro groups is 1. The van der Waals surface area contributed by atoms with Crippen molar-refractivity contribution in [2.45, 2.75) is 0 Å². The smallest absolute Gasteiger partial charge is 0.338 e. The van der Waals surface area contributed by atoms with E-state index in [1.807, 2.05) is 0 Å². The molecule has 34 nitrogen and oxygen atoms in total. The van der Waals surface area contributed by atoms with Crippen LogP contribution in [-0.2, 0) is 114 Å². The molecule has 0 radical (unpaired) electrons. The van der Waals surface area contributed by atoms with E-state index in [4.69, 9.17) is 114 Å². The van der Waals surface area contributed by atoms with Crippen LogP contribution < -0.4 is 0 Å². The zero-order chi connectivity index (χ0) is 96.2. The lowest BCUT2D eigenvalue weighted by molar-refractivity contribution is -0.384. The standard InChI is InChI=1S/C101H114N2O32/c1-112-24-30-118-36-42-124-48-54-130-96(104)88-9-7-8-77(65-88)10-11-78-60-79(67-89(66-78)97(105)131-55-49-125-43-37-119-31-25-113-2)12-13-80-61-81(69-90(68-80)98(106)132-56-50-126-44-38-120-32-26-114-3)14-15-82-62-83(71-91(70-82)99(107)133-57-51-127-45-39-121-33-27-115-4)16-17-84-63-85(73-92(72-84)100(108)134-58-52-128-46-40-122-34-28-116-5)18-19-86-64-87(76-102-94-20-22-95(23-21-94)103(110)111)75-93(74-86)101(109)135-59-53-129-47-41-123-35-29-117-6/h7-9,20-23,60-76H,24-59H2,1-6H3. The lowest BCUT2D eigenvalue weighted by atomic mass is 10.0. The number of hydrogen-bond donors (Lipinski definition) is 0. The van der Waals surface area contributed by atoms with Gasteiger partial charge >= 0.3 is 35.8 Å². The number of non-ortho nitro benzene ring substituents is 1. The zero-order valence-corrected chi connectivity index (χ0v) is 76.8. The van der Waals surface area contributed by atoms with Gasteiger partial charge < -0.3 is 114 Å². The Morgan fingerprint density at radius 3 is 0.681 bits per heavy atom. The Bertz CT molecular complexity index is 5190. The van der Waals surface area contributed by atoms with Crippen LogP contribution in [0.2, 0.25) is 0 Å². The molecule has 7 aromatic carbocycles. The van der Waals surface area contributed by atoms with E-state index in [2.05, 4.69) is 64.2 Å². The number of hydrogen-bond acceptors (Lipinski definition) is 33. The maximum Gasteiger partial charge on any atom is 0.338 e. The highest BCUT2D eigenvalue weighted by molar-refractivity contribution is 5.95. The molecule has 0 atom stereocenters. The number of nitrogens with zero attached hydrogens (tertiary/aromatic N) is 2. The Morgan fingerprint density at radius 2 is 0.444 bits per heavy atom. The van der Waals surface area contributed by atoms with E-state index < -0.39 is 40.7 Å². The first-order valence-corrected chi connectivity index (χ1v) is 43.2. The highest BCUT2D eigenvalue weighted by Gasteiger charge is 2.18. The molecule has 0 N–H and O–H groups in total. The number of methoxy groups -OCH3 is 6. The Balaban J connectivity index is 1.29. The van der Waals surface area contributed by atoms with Crippen LogP contribution in [0.15, 0.2) is 145 Å². The average molecular weight is 1870 g/mol. The lowest BCUT2D eigenvalue weighted by Crippen LogP contribution is -2.14. The molecule has 0 saturated carbocycles. The van der Waals surface area contributed by atoms with E-state index in [0.717, 1.165) is 0 Å². The normalized spacial score (nSPS) is 10.8. The first kappa shape index (κ1) is 110. The Labute approximate surface area is 786 Å². The summed E-state index contributed by atoms with van der Waals surface area (Å²) in [6, 6.07) is 35.3. The summed E-state index contributed by atoms with van der Waals surface area (Å²) in [4.78, 5) is 98.8. The van der Waals surface area contributed by atoms with Crippen molar-refractivity contribution in [1.29, 1.82) is 0 Å². The number of benzene rings is 7. The second-order valence-corrected chi connectivity index (χ2v) is 28.0. The molecule has 0 aliphatic rings. The van der Waals surface area contributed by atoms with Crippen molar-refractivity contribution < 1.29 is 147 Å². The number of aliphatic imine (C=N–C) groups is 1. The molecule has 0 unspecified atom stereocenters. The van der Waals surface area contributed by atoms with Crippen molar-refractivity contribution in [3.63, 3.8) is 0 Å². The van der Waals surface area contributed by atoms with Gasteiger partial charge in [0.05, 0.1) is 242 Å². The largest absolute Gasteiger partial charge is 0.460 e. The number of ether oxygens (including phenoxy) is 24. The summed E-state index contributed by atoms with van der Waals surface area (Å²) in [7, 11) is 9.40. The van der Waals surface area contributed by atoms with E-state index in [1.165, 1.54) is 91.1 Å². The summed E-state index contributed by atoms with van der Waals surface area (Å²) >= 11 is 0. The molecule has 0 bridgehead atoms. The van der Waals surface area contributed by atoms with Gasteiger partial charge in [-0.15, -0.1) is 0 Å². The van der Waals surface area contributed by atoms with Gasteiger partial charge in [0.15, 0.2) is 0 Å². The van der Waals surface area contributed by atoms with Crippen LogP contribution in [-0.4, -0.2) is 327 Å². The quantitative estimate of drug-likeness (QED) is 0.00651. The minimum atomic E-state index is -0.767. The molecule has 34 heteroatoms. The van der Waals surface area contributed by atoms with Crippen molar-refractivity contribution in [2.75, 3.05) is 281 Å². The van der Waals surface area contributed by atoms with Crippen LogP contribution in [0.1, 0.15) is 123 Å². The van der Waals surface area contributed by atoms with Crippen molar-refractivity contribution in [3.8, 4) is 59.2 Å². The summed E-state index contributed by atoms with van der Waals surface area (Å²) < 4.78 is 131. The molecule has 0 spiro atoms. The van der Waals surface area contributed by atoms with Gasteiger partial charge in [-0.2, -0.15) is 0 Å². The van der Waals surface area contributed by atoms with Gasteiger partial charge in [0.1, 0.15) is 39.6 Å². The number of rotatable bonds is 63. The number of nitro benzene ring substituents is 1. The molecular weight excluding hydrogens is 1750 g/mol. The van der Waals surface area contributed by atoms with Gasteiger partial charge in [0, 0.05) is 117 Å². The van der Waals surface area contributed by atoms with Gasteiger partial charge in [0.25, 0.3) is 5.69 Å². The molecule has 0 amide bonds. The monoisotopic (exact) mass is 1870 g/mol. The van der Waals surface area contributed by atoms with Gasteiger partial charge in [-0.3, -0.25) is 15.1 Å². The van der Waals surface area contributed by atoms with Gasteiger partial charge in [-0.05, 0) is 127 Å². The Kier molecular flexibility index (Phi) is 55.6. The van der Waals surface area contributed by atoms with Crippen molar-refractivity contribution in [3.05, 3.63) is 244 Å². The highest BCUT2D eigenvalue weighted by atomic mass is 16.6. The summed E-state index contributed by atoms with van der Waals surface area (Å²) in [6.07, 6.45) is 1.46. The van der Waals surface area contributed by atoms with Gasteiger partial charge in [0.2, 0.25) is 0 Å². The second-order valence-electron chi connectivity index (χ2n) is 28.0. The third kappa shape index (κ3) is 47.3. The topological polar surface area (TPSA) is 379 Å². The second kappa shape index (κ2) is 68.5. The molecule has 0 aliphatic heterocycles. The van der Waals surface area contributed by atoms with Crippen LogP contribution in [0, 0.1) is 69.3 Å². The SMILES string of the molecule is COCCOCCOCCOC(=O)c1cccc(C#Cc2cc(C#Cc3cc(C#Cc4cc(C#Cc5cc(C#Cc6cc(C=Nc7ccc([N+](=O)[O-])cc7)cc(C(=O)OCCOCCOCCOC)c6)cc(C(=O)OCCOCCOCCOC)c5)cc(C(=O)OCCOCCOCCOC)c4)cc(C(=O)OCCOCCOCCOC)c3)cc(C(=O)OCCOCCOCCOC)c2)c1. The van der Waals surface area contributed by atoms with Gasteiger partial charge in [-0.25, -0.2) is 28.8 Å². The predicted molar refractivity (Wildman–Crippen MR) is 492 cm³/mol. The predicted octanol–water partition coefficient (Wildman–Crippen LogP) is 9.36. The molecule has 7 aromatic rings. The first-order chi connectivity index (χ1) is 66.1. The third-order valence-electron chi connectivity index (χ3n) is 17.7. The fraction of sp³-hybridized carbons (Fsp3) is 0.416. The maximum atomic E-state index is 14.2. The van der Waals surface area contributed by atoms with E-state index in [-0.39, 0.29) is 205 Å². The summed E-state index contributed by atoms with van der Waals surface area (Å²) in [5.74, 6) is 26.9. The van der Waals surface area contributed by atoms with Crippen LogP contribution >= 0.6 is 0 Å².